The fourth-order valence-electron chi connectivity index (χ4n) is 2.28. The molecule has 0 fully saturated rings. The van der Waals surface area contributed by atoms with Gasteiger partial charge in [-0.05, 0) is 31.5 Å². The Kier molecular flexibility index (Phi) is 7.72. The molecule has 0 unspecified atom stereocenters. The van der Waals surface area contributed by atoms with Gasteiger partial charge in [-0.25, -0.2) is 0 Å². The summed E-state index contributed by atoms with van der Waals surface area (Å²) in [6, 6.07) is 10.9. The predicted molar refractivity (Wildman–Crippen MR) is 106 cm³/mol. The van der Waals surface area contributed by atoms with Crippen LogP contribution >= 0.6 is 11.8 Å². The Balaban J connectivity index is 1.73. The van der Waals surface area contributed by atoms with E-state index in [1.165, 1.54) is 30.0 Å². The van der Waals surface area contributed by atoms with Gasteiger partial charge in [-0.15, -0.1) is 11.8 Å². The lowest BCUT2D eigenvalue weighted by molar-refractivity contribution is -0.384. The number of nitro groups is 1. The van der Waals surface area contributed by atoms with Gasteiger partial charge in [0.25, 0.3) is 17.5 Å². The smallest absolute Gasteiger partial charge is 0.316 e. The van der Waals surface area contributed by atoms with Crippen molar-refractivity contribution in [3.05, 3.63) is 69.3 Å². The van der Waals surface area contributed by atoms with E-state index in [-0.39, 0.29) is 17.0 Å². The number of hydrogen-bond acceptors (Lipinski definition) is 7. The van der Waals surface area contributed by atoms with Crippen molar-refractivity contribution >= 4 is 35.2 Å². The van der Waals surface area contributed by atoms with Gasteiger partial charge in [0.2, 0.25) is 0 Å². The number of aryl methyl sites for hydroxylation is 2. The van der Waals surface area contributed by atoms with Gasteiger partial charge in [0.15, 0.2) is 6.61 Å². The highest BCUT2D eigenvalue weighted by Gasteiger charge is 2.13. The summed E-state index contributed by atoms with van der Waals surface area (Å²) in [7, 11) is 0. The zero-order valence-corrected chi connectivity index (χ0v) is 16.6. The summed E-state index contributed by atoms with van der Waals surface area (Å²) >= 11 is 1.30. The summed E-state index contributed by atoms with van der Waals surface area (Å²) in [4.78, 5) is 46.4. The minimum Gasteiger partial charge on any atom is -0.455 e. The Morgan fingerprint density at radius 1 is 1.10 bits per heavy atom. The van der Waals surface area contributed by atoms with Gasteiger partial charge >= 0.3 is 5.97 Å². The van der Waals surface area contributed by atoms with Crippen LogP contribution < -0.4 is 10.9 Å². The molecule has 0 saturated heterocycles. The summed E-state index contributed by atoms with van der Waals surface area (Å²) in [6.07, 6.45) is 0. The molecular weight excluding hydrogens is 398 g/mol. The number of carbonyl (C=O) groups is 3. The average Bonchev–Trinajstić information content (AvgIpc) is 2.69. The Labute approximate surface area is 170 Å². The lowest BCUT2D eigenvalue weighted by Crippen LogP contribution is -2.43. The number of ether oxygens (including phenoxy) is 1. The number of non-ortho nitro benzene ring substituents is 1. The summed E-state index contributed by atoms with van der Waals surface area (Å²) in [6.45, 7) is 3.35. The molecule has 0 aliphatic rings. The largest absolute Gasteiger partial charge is 0.455 e. The number of hydrazine groups is 1. The molecule has 2 N–H and O–H groups in total. The summed E-state index contributed by atoms with van der Waals surface area (Å²) in [5.41, 5.74) is 6.10. The van der Waals surface area contributed by atoms with Gasteiger partial charge < -0.3 is 4.74 Å². The molecule has 0 heterocycles. The van der Waals surface area contributed by atoms with Crippen molar-refractivity contribution in [3.63, 3.8) is 0 Å². The van der Waals surface area contributed by atoms with Gasteiger partial charge in [-0.1, -0.05) is 23.8 Å². The maximum atomic E-state index is 11.9. The molecule has 2 rings (SSSR count). The van der Waals surface area contributed by atoms with Crippen LogP contribution in [-0.4, -0.2) is 35.1 Å². The van der Waals surface area contributed by atoms with Gasteiger partial charge in [-0.3, -0.25) is 35.3 Å². The molecule has 0 aliphatic carbocycles. The van der Waals surface area contributed by atoms with Crippen LogP contribution in [0.15, 0.2) is 47.4 Å². The highest BCUT2D eigenvalue weighted by atomic mass is 32.2. The molecule has 0 bridgehead atoms. The molecule has 0 radical (unpaired) electrons. The first-order chi connectivity index (χ1) is 13.8. The molecule has 0 aliphatic heterocycles. The van der Waals surface area contributed by atoms with Crippen LogP contribution in [-0.2, 0) is 14.3 Å². The van der Waals surface area contributed by atoms with Crippen molar-refractivity contribution in [3.8, 4) is 0 Å². The number of benzene rings is 2. The number of hydrogen-bond donors (Lipinski definition) is 2. The Bertz CT molecular complexity index is 947. The average molecular weight is 417 g/mol. The molecule has 0 saturated carbocycles. The van der Waals surface area contributed by atoms with Crippen molar-refractivity contribution in [2.24, 2.45) is 0 Å². The second-order valence-electron chi connectivity index (χ2n) is 6.03. The van der Waals surface area contributed by atoms with E-state index in [0.29, 0.717) is 0 Å². The van der Waals surface area contributed by atoms with E-state index < -0.39 is 29.3 Å². The maximum absolute atomic E-state index is 11.9. The second kappa shape index (κ2) is 10.2. The molecular formula is C19H19N3O6S. The molecule has 29 heavy (non-hydrogen) atoms. The molecule has 10 heteroatoms. The first kappa shape index (κ1) is 21.9. The number of amides is 2. The summed E-state index contributed by atoms with van der Waals surface area (Å²) in [5, 5.41) is 10.7. The normalized spacial score (nSPS) is 10.1. The van der Waals surface area contributed by atoms with Gasteiger partial charge in [0.1, 0.15) is 0 Å². The SMILES string of the molecule is Cc1ccc(SCC(=O)OCC(=O)NNC(=O)c2cccc([N+](=O)[O-])c2)c(C)c1. The third-order valence-corrected chi connectivity index (χ3v) is 4.82. The van der Waals surface area contributed by atoms with Gasteiger partial charge in [-0.2, -0.15) is 0 Å². The van der Waals surface area contributed by atoms with E-state index in [4.69, 9.17) is 4.74 Å². The second-order valence-corrected chi connectivity index (χ2v) is 7.05. The van der Waals surface area contributed by atoms with Crippen LogP contribution in [0.1, 0.15) is 21.5 Å². The standard InChI is InChI=1S/C19H19N3O6S/c1-12-6-7-16(13(2)8-12)29-11-18(24)28-10-17(23)20-21-19(25)14-4-3-5-15(9-14)22(26)27/h3-9H,10-11H2,1-2H3,(H,20,23)(H,21,25). The highest BCUT2D eigenvalue weighted by molar-refractivity contribution is 8.00. The van der Waals surface area contributed by atoms with Gasteiger partial charge in [0, 0.05) is 22.6 Å². The molecule has 2 aromatic rings. The highest BCUT2D eigenvalue weighted by Crippen LogP contribution is 2.23. The number of nitro benzene ring substituents is 1. The molecule has 0 spiro atoms. The first-order valence-electron chi connectivity index (χ1n) is 8.45. The van der Waals surface area contributed by atoms with E-state index in [1.807, 2.05) is 32.0 Å². The minimum atomic E-state index is -0.742. The summed E-state index contributed by atoms with van der Waals surface area (Å²) < 4.78 is 4.87. The Morgan fingerprint density at radius 3 is 2.55 bits per heavy atom. The Hall–Kier alpha value is -3.40. The zero-order valence-electron chi connectivity index (χ0n) is 15.8. The van der Waals surface area contributed by atoms with Crippen molar-refractivity contribution < 1.29 is 24.0 Å². The monoisotopic (exact) mass is 417 g/mol. The molecule has 9 nitrogen and oxygen atoms in total. The van der Waals surface area contributed by atoms with E-state index in [2.05, 4.69) is 10.9 Å². The van der Waals surface area contributed by atoms with Crippen molar-refractivity contribution in [1.29, 1.82) is 0 Å². The maximum Gasteiger partial charge on any atom is 0.316 e. The number of rotatable bonds is 7. The lowest BCUT2D eigenvalue weighted by atomic mass is 10.2. The number of esters is 1. The Morgan fingerprint density at radius 2 is 1.86 bits per heavy atom. The van der Waals surface area contributed by atoms with Crippen molar-refractivity contribution in [1.82, 2.24) is 10.9 Å². The molecule has 2 amide bonds. The van der Waals surface area contributed by atoms with Crippen molar-refractivity contribution in [2.75, 3.05) is 12.4 Å². The quantitative estimate of drug-likeness (QED) is 0.306. The van der Waals surface area contributed by atoms with Crippen LogP contribution in [0.25, 0.3) is 0 Å². The molecule has 152 valence electrons. The van der Waals surface area contributed by atoms with Crippen LogP contribution in [0.5, 0.6) is 0 Å². The number of nitrogens with zero attached hydrogens (tertiary/aromatic N) is 1. The fourth-order valence-corrected chi connectivity index (χ4v) is 3.09. The van der Waals surface area contributed by atoms with E-state index >= 15 is 0 Å². The molecule has 2 aromatic carbocycles. The number of nitrogens with one attached hydrogen (secondary N) is 2. The minimum absolute atomic E-state index is 0.00126. The van der Waals surface area contributed by atoms with E-state index in [0.717, 1.165) is 22.1 Å². The number of thioether (sulfide) groups is 1. The van der Waals surface area contributed by atoms with Gasteiger partial charge in [0.05, 0.1) is 10.7 Å². The zero-order chi connectivity index (χ0) is 21.4. The fraction of sp³-hybridized carbons (Fsp3) is 0.211. The first-order valence-corrected chi connectivity index (χ1v) is 9.44. The topological polar surface area (TPSA) is 128 Å². The lowest BCUT2D eigenvalue weighted by Gasteiger charge is -2.09. The predicted octanol–water partition coefficient (Wildman–Crippen LogP) is 2.31. The van der Waals surface area contributed by atoms with Crippen LogP contribution in [0.2, 0.25) is 0 Å². The molecule has 0 aromatic heterocycles. The number of carbonyl (C=O) groups excluding carboxylic acids is 3. The van der Waals surface area contributed by atoms with Crippen molar-refractivity contribution in [2.45, 2.75) is 18.7 Å². The van der Waals surface area contributed by atoms with Crippen LogP contribution in [0.4, 0.5) is 5.69 Å². The third kappa shape index (κ3) is 6.92. The van der Waals surface area contributed by atoms with Crippen LogP contribution in [0.3, 0.4) is 0 Å². The van der Waals surface area contributed by atoms with Crippen LogP contribution in [0, 0.1) is 24.0 Å². The van der Waals surface area contributed by atoms with E-state index in [1.54, 1.807) is 0 Å². The third-order valence-electron chi connectivity index (χ3n) is 3.67. The summed E-state index contributed by atoms with van der Waals surface area (Å²) in [5.74, 6) is -2.01. The molecule has 0 atom stereocenters. The van der Waals surface area contributed by atoms with E-state index in [9.17, 15) is 24.5 Å².